The lowest BCUT2D eigenvalue weighted by molar-refractivity contribution is 0.0698. The Morgan fingerprint density at radius 3 is 2.85 bits per heavy atom. The molecule has 1 aromatic heterocycles. The summed E-state index contributed by atoms with van der Waals surface area (Å²) in [5, 5.41) is 20.1. The molecule has 0 radical (unpaired) electrons. The molecule has 2 rings (SSSR count). The number of nitrogens with two attached hydrogens (primary N) is 1. The molecule has 1 heterocycles. The number of nitrogens with one attached hydrogen (secondary N) is 1. The molecule has 0 saturated heterocycles. The summed E-state index contributed by atoms with van der Waals surface area (Å²) in [6, 6.07) is 3.37. The van der Waals surface area contributed by atoms with Crippen LogP contribution in [0, 0.1) is 6.92 Å². The van der Waals surface area contributed by atoms with Gasteiger partial charge in [-0.2, -0.15) is 0 Å². The zero-order valence-corrected chi connectivity index (χ0v) is 11.4. The summed E-state index contributed by atoms with van der Waals surface area (Å²) in [6.45, 7) is 2.42. The molecule has 1 aromatic carbocycles. The lowest BCUT2D eigenvalue weighted by Gasteiger charge is -2.11. The predicted octanol–water partition coefficient (Wildman–Crippen LogP) is 1.06. The number of carboxylic acid groups (broad SMARTS) is 1. The highest BCUT2D eigenvalue weighted by molar-refractivity contribution is 5.95. The molecule has 0 fully saturated rings. The first-order chi connectivity index (χ1) is 9.49. The van der Waals surface area contributed by atoms with E-state index in [0.29, 0.717) is 18.7 Å². The average molecular weight is 275 g/mol. The number of nitrogens with zero attached hydrogens (tertiary/aromatic N) is 3. The Balaban J connectivity index is 2.06. The summed E-state index contributed by atoms with van der Waals surface area (Å²) in [6.07, 6.45) is 2.34. The Kier molecular flexibility index (Phi) is 3.88. The van der Waals surface area contributed by atoms with Crippen LogP contribution in [0.25, 0.3) is 0 Å². The Labute approximate surface area is 116 Å². The van der Waals surface area contributed by atoms with Crippen molar-refractivity contribution in [3.05, 3.63) is 35.4 Å². The molecule has 2 aromatic rings. The van der Waals surface area contributed by atoms with Gasteiger partial charge in [0.05, 0.1) is 5.56 Å². The van der Waals surface area contributed by atoms with Crippen molar-refractivity contribution in [2.75, 3.05) is 17.6 Å². The third-order valence-corrected chi connectivity index (χ3v) is 3.10. The van der Waals surface area contributed by atoms with E-state index in [1.807, 2.05) is 17.7 Å². The number of aromatic carboxylic acids is 1. The number of rotatable bonds is 5. The van der Waals surface area contributed by atoms with Gasteiger partial charge in [0.25, 0.3) is 0 Å². The van der Waals surface area contributed by atoms with Crippen molar-refractivity contribution in [2.24, 2.45) is 7.05 Å². The van der Waals surface area contributed by atoms with Crippen LogP contribution in [0.4, 0.5) is 11.4 Å². The number of benzene rings is 1. The third-order valence-electron chi connectivity index (χ3n) is 3.10. The van der Waals surface area contributed by atoms with Crippen LogP contribution in [-0.2, 0) is 13.5 Å². The molecular weight excluding hydrogens is 258 g/mol. The van der Waals surface area contributed by atoms with E-state index in [0.717, 1.165) is 17.1 Å². The Hall–Kier alpha value is -2.57. The summed E-state index contributed by atoms with van der Waals surface area (Å²) in [4.78, 5) is 11.1. The molecule has 106 valence electrons. The minimum absolute atomic E-state index is 0.117. The summed E-state index contributed by atoms with van der Waals surface area (Å²) in [7, 11) is 1.88. The van der Waals surface area contributed by atoms with Crippen molar-refractivity contribution >= 4 is 17.3 Å². The number of aromatic nitrogens is 3. The van der Waals surface area contributed by atoms with Gasteiger partial charge in [-0.05, 0) is 24.6 Å². The van der Waals surface area contributed by atoms with E-state index in [9.17, 15) is 4.79 Å². The Morgan fingerprint density at radius 1 is 1.50 bits per heavy atom. The zero-order valence-electron chi connectivity index (χ0n) is 11.4. The van der Waals surface area contributed by atoms with Gasteiger partial charge in [0.1, 0.15) is 12.2 Å². The topological polar surface area (TPSA) is 106 Å². The van der Waals surface area contributed by atoms with Crippen molar-refractivity contribution in [1.82, 2.24) is 14.8 Å². The molecule has 0 saturated carbocycles. The van der Waals surface area contributed by atoms with E-state index in [1.165, 1.54) is 0 Å². The van der Waals surface area contributed by atoms with E-state index in [-0.39, 0.29) is 5.56 Å². The van der Waals surface area contributed by atoms with Crippen molar-refractivity contribution in [3.63, 3.8) is 0 Å². The number of anilines is 2. The summed E-state index contributed by atoms with van der Waals surface area (Å²) >= 11 is 0. The van der Waals surface area contributed by atoms with Crippen molar-refractivity contribution in [3.8, 4) is 0 Å². The number of hydrogen-bond donors (Lipinski definition) is 3. The van der Waals surface area contributed by atoms with E-state index in [4.69, 9.17) is 10.8 Å². The predicted molar refractivity (Wildman–Crippen MR) is 75.7 cm³/mol. The van der Waals surface area contributed by atoms with Gasteiger partial charge in [0, 0.05) is 31.4 Å². The van der Waals surface area contributed by atoms with Crippen molar-refractivity contribution in [2.45, 2.75) is 13.3 Å². The number of nitrogen functional groups attached to an aromatic ring is 1. The van der Waals surface area contributed by atoms with Gasteiger partial charge in [0.2, 0.25) is 0 Å². The Morgan fingerprint density at radius 2 is 2.25 bits per heavy atom. The van der Waals surface area contributed by atoms with Crippen molar-refractivity contribution < 1.29 is 9.90 Å². The number of aryl methyl sites for hydroxylation is 2. The molecule has 0 aliphatic rings. The lowest BCUT2D eigenvalue weighted by atomic mass is 10.1. The minimum atomic E-state index is -1.03. The first-order valence-corrected chi connectivity index (χ1v) is 6.19. The number of carboxylic acids is 1. The second-order valence-corrected chi connectivity index (χ2v) is 4.59. The number of carbonyl (C=O) groups is 1. The van der Waals surface area contributed by atoms with Crippen LogP contribution in [-0.4, -0.2) is 32.4 Å². The van der Waals surface area contributed by atoms with Gasteiger partial charge in [-0.1, -0.05) is 0 Å². The van der Waals surface area contributed by atoms with Crippen LogP contribution >= 0.6 is 0 Å². The average Bonchev–Trinajstić information content (AvgIpc) is 2.79. The second-order valence-electron chi connectivity index (χ2n) is 4.59. The van der Waals surface area contributed by atoms with E-state index < -0.39 is 5.97 Å². The number of hydrogen-bond acceptors (Lipinski definition) is 5. The summed E-state index contributed by atoms with van der Waals surface area (Å²) in [5.74, 6) is -0.161. The Bertz CT molecular complexity index is 636. The fourth-order valence-corrected chi connectivity index (χ4v) is 1.93. The highest BCUT2D eigenvalue weighted by atomic mass is 16.4. The van der Waals surface area contributed by atoms with Gasteiger partial charge in [-0.25, -0.2) is 4.79 Å². The SMILES string of the molecule is Cc1cc(NCCc2nncn2C)cc(C(=O)O)c1N. The van der Waals surface area contributed by atoms with Gasteiger partial charge < -0.3 is 20.7 Å². The molecule has 4 N–H and O–H groups in total. The van der Waals surface area contributed by atoms with E-state index in [2.05, 4.69) is 15.5 Å². The zero-order chi connectivity index (χ0) is 14.7. The first-order valence-electron chi connectivity index (χ1n) is 6.19. The highest BCUT2D eigenvalue weighted by Crippen LogP contribution is 2.22. The van der Waals surface area contributed by atoms with Crippen LogP contribution in [0.15, 0.2) is 18.5 Å². The van der Waals surface area contributed by atoms with Gasteiger partial charge in [-0.3, -0.25) is 0 Å². The maximum Gasteiger partial charge on any atom is 0.337 e. The highest BCUT2D eigenvalue weighted by Gasteiger charge is 2.11. The minimum Gasteiger partial charge on any atom is -0.478 e. The maximum atomic E-state index is 11.1. The molecular formula is C13H17N5O2. The lowest BCUT2D eigenvalue weighted by Crippen LogP contribution is -2.11. The van der Waals surface area contributed by atoms with Crippen LogP contribution < -0.4 is 11.1 Å². The summed E-state index contributed by atoms with van der Waals surface area (Å²) in [5.41, 5.74) is 7.64. The molecule has 0 bridgehead atoms. The van der Waals surface area contributed by atoms with Crippen molar-refractivity contribution in [1.29, 1.82) is 0 Å². The molecule has 0 aliphatic carbocycles. The van der Waals surface area contributed by atoms with E-state index in [1.54, 1.807) is 19.3 Å². The molecule has 7 nitrogen and oxygen atoms in total. The van der Waals surface area contributed by atoms with Gasteiger partial charge in [0.15, 0.2) is 0 Å². The van der Waals surface area contributed by atoms with Crippen LogP contribution in [0.3, 0.4) is 0 Å². The largest absolute Gasteiger partial charge is 0.478 e. The standard InChI is InChI=1S/C13H17N5O2/c1-8-5-9(6-10(12(8)14)13(19)20)15-4-3-11-17-16-7-18(11)2/h5-7,15H,3-4,14H2,1-2H3,(H,19,20). The van der Waals surface area contributed by atoms with Gasteiger partial charge >= 0.3 is 5.97 Å². The second kappa shape index (κ2) is 5.60. The van der Waals surface area contributed by atoms with Crippen LogP contribution in [0.5, 0.6) is 0 Å². The summed E-state index contributed by atoms with van der Waals surface area (Å²) < 4.78 is 1.85. The molecule has 0 amide bonds. The smallest absolute Gasteiger partial charge is 0.337 e. The normalized spacial score (nSPS) is 10.5. The molecule has 0 unspecified atom stereocenters. The first kappa shape index (κ1) is 13.9. The van der Waals surface area contributed by atoms with Gasteiger partial charge in [-0.15, -0.1) is 10.2 Å². The third kappa shape index (κ3) is 2.87. The quantitative estimate of drug-likeness (QED) is 0.704. The fourth-order valence-electron chi connectivity index (χ4n) is 1.93. The monoisotopic (exact) mass is 275 g/mol. The molecule has 20 heavy (non-hydrogen) atoms. The van der Waals surface area contributed by atoms with Crippen LogP contribution in [0.1, 0.15) is 21.7 Å². The fraction of sp³-hybridized carbons (Fsp3) is 0.308. The maximum absolute atomic E-state index is 11.1. The molecule has 0 aliphatic heterocycles. The molecule has 7 heteroatoms. The molecule has 0 spiro atoms. The van der Waals surface area contributed by atoms with Crippen LogP contribution in [0.2, 0.25) is 0 Å². The van der Waals surface area contributed by atoms with E-state index >= 15 is 0 Å². The molecule has 0 atom stereocenters.